The zero-order valence-corrected chi connectivity index (χ0v) is 10.1. The fourth-order valence-electron chi connectivity index (χ4n) is 1.47. The molecule has 0 aromatic carbocycles. The topological polar surface area (TPSA) is 77.8 Å². The molecule has 0 aliphatic carbocycles. The Labute approximate surface area is 97.7 Å². The minimum Gasteiger partial charge on any atom is -0.339 e. The quantitative estimate of drug-likeness (QED) is 0.880. The molecule has 0 saturated carbocycles. The van der Waals surface area contributed by atoms with E-state index < -0.39 is 0 Å². The number of rotatable bonds is 4. The van der Waals surface area contributed by atoms with Crippen LogP contribution in [0, 0.1) is 5.92 Å². The summed E-state index contributed by atoms with van der Waals surface area (Å²) in [4.78, 5) is 9.25. The lowest BCUT2D eigenvalue weighted by molar-refractivity contribution is 0.324. The molecule has 0 saturated heterocycles. The number of hydrogen-bond acceptors (Lipinski definition) is 6. The Balaban J connectivity index is 2.25. The summed E-state index contributed by atoms with van der Waals surface area (Å²) in [5.74, 6) is 1.71. The third-order valence-electron chi connectivity index (χ3n) is 2.47. The van der Waals surface area contributed by atoms with Gasteiger partial charge in [0.2, 0.25) is 11.7 Å². The smallest absolute Gasteiger partial charge is 0.231 e. The normalized spacial score (nSPS) is 13.2. The Kier molecular flexibility index (Phi) is 3.31. The van der Waals surface area contributed by atoms with Crippen LogP contribution in [0.25, 0.3) is 10.7 Å². The van der Waals surface area contributed by atoms with Gasteiger partial charge in [0.15, 0.2) is 0 Å². The summed E-state index contributed by atoms with van der Waals surface area (Å²) in [5, 5.41) is 3.94. The molecule has 0 spiro atoms. The van der Waals surface area contributed by atoms with Crippen LogP contribution in [-0.4, -0.2) is 21.7 Å². The molecule has 0 radical (unpaired) electrons. The van der Waals surface area contributed by atoms with Gasteiger partial charge in [-0.15, -0.1) is 11.3 Å². The Morgan fingerprint density at radius 1 is 1.50 bits per heavy atom. The van der Waals surface area contributed by atoms with E-state index in [0.29, 0.717) is 24.2 Å². The molecule has 2 aromatic rings. The summed E-state index contributed by atoms with van der Waals surface area (Å²) >= 11 is 1.49. The predicted octanol–water partition coefficient (Wildman–Crippen LogP) is 1.89. The summed E-state index contributed by atoms with van der Waals surface area (Å²) in [5.41, 5.74) is 7.44. The number of aromatic nitrogens is 3. The first-order valence-corrected chi connectivity index (χ1v) is 6.03. The van der Waals surface area contributed by atoms with E-state index in [4.69, 9.17) is 10.3 Å². The summed E-state index contributed by atoms with van der Waals surface area (Å²) < 4.78 is 5.24. The molecule has 2 N–H and O–H groups in total. The molecule has 86 valence electrons. The lowest BCUT2D eigenvalue weighted by Gasteiger charge is -2.13. The Hall–Kier alpha value is -1.27. The maximum absolute atomic E-state index is 5.70. The maximum atomic E-state index is 5.70. The standard InChI is InChI=1S/C10H14N4OS/c1-6(2)7(3-11)10-13-9(14-15-10)8-4-12-5-16-8/h4-7H,3,11H2,1-2H3. The monoisotopic (exact) mass is 238 g/mol. The zero-order valence-electron chi connectivity index (χ0n) is 9.25. The average Bonchev–Trinajstić information content (AvgIpc) is 2.86. The molecule has 2 heterocycles. The van der Waals surface area contributed by atoms with Gasteiger partial charge in [0.05, 0.1) is 16.3 Å². The minimum absolute atomic E-state index is 0.120. The van der Waals surface area contributed by atoms with Crippen molar-refractivity contribution in [2.45, 2.75) is 19.8 Å². The van der Waals surface area contributed by atoms with Gasteiger partial charge in [-0.05, 0) is 5.92 Å². The van der Waals surface area contributed by atoms with E-state index in [-0.39, 0.29) is 5.92 Å². The molecule has 0 aliphatic rings. The van der Waals surface area contributed by atoms with E-state index in [1.807, 2.05) is 0 Å². The van der Waals surface area contributed by atoms with Gasteiger partial charge in [0, 0.05) is 12.7 Å². The third kappa shape index (κ3) is 2.12. The first-order valence-electron chi connectivity index (χ1n) is 5.15. The van der Waals surface area contributed by atoms with Crippen LogP contribution in [0.3, 0.4) is 0 Å². The largest absolute Gasteiger partial charge is 0.339 e. The summed E-state index contributed by atoms with van der Waals surface area (Å²) in [6.45, 7) is 4.70. The van der Waals surface area contributed by atoms with Gasteiger partial charge >= 0.3 is 0 Å². The lowest BCUT2D eigenvalue weighted by Crippen LogP contribution is -2.18. The molecular weight excluding hydrogens is 224 g/mol. The first kappa shape index (κ1) is 11.2. The fourth-order valence-corrected chi connectivity index (χ4v) is 2.02. The summed E-state index contributed by atoms with van der Waals surface area (Å²) in [6, 6.07) is 0. The molecule has 1 unspecified atom stereocenters. The van der Waals surface area contributed by atoms with Crippen LogP contribution in [0.15, 0.2) is 16.2 Å². The second kappa shape index (κ2) is 4.71. The van der Waals surface area contributed by atoms with Gasteiger partial charge in [-0.1, -0.05) is 19.0 Å². The second-order valence-electron chi connectivity index (χ2n) is 3.91. The van der Waals surface area contributed by atoms with E-state index in [0.717, 1.165) is 4.88 Å². The van der Waals surface area contributed by atoms with Crippen molar-refractivity contribution in [3.8, 4) is 10.7 Å². The average molecular weight is 238 g/mol. The van der Waals surface area contributed by atoms with Crippen molar-refractivity contribution < 1.29 is 4.52 Å². The van der Waals surface area contributed by atoms with Crippen LogP contribution in [0.5, 0.6) is 0 Å². The van der Waals surface area contributed by atoms with Crippen molar-refractivity contribution in [3.63, 3.8) is 0 Å². The van der Waals surface area contributed by atoms with Gasteiger partial charge in [0.25, 0.3) is 0 Å². The van der Waals surface area contributed by atoms with Crippen LogP contribution in [0.2, 0.25) is 0 Å². The van der Waals surface area contributed by atoms with Crippen molar-refractivity contribution in [3.05, 3.63) is 17.6 Å². The van der Waals surface area contributed by atoms with Gasteiger partial charge in [0.1, 0.15) is 0 Å². The molecule has 16 heavy (non-hydrogen) atoms. The molecule has 2 aromatic heterocycles. The molecule has 0 aliphatic heterocycles. The maximum Gasteiger partial charge on any atom is 0.231 e. The molecule has 5 nitrogen and oxygen atoms in total. The van der Waals surface area contributed by atoms with Crippen LogP contribution >= 0.6 is 11.3 Å². The molecule has 0 amide bonds. The van der Waals surface area contributed by atoms with E-state index in [9.17, 15) is 0 Å². The summed E-state index contributed by atoms with van der Waals surface area (Å²) in [6.07, 6.45) is 1.73. The highest BCUT2D eigenvalue weighted by atomic mass is 32.1. The minimum atomic E-state index is 0.120. The molecule has 0 fully saturated rings. The Bertz CT molecular complexity index is 437. The van der Waals surface area contributed by atoms with E-state index in [1.165, 1.54) is 11.3 Å². The SMILES string of the molecule is CC(C)C(CN)c1nc(-c2cncs2)no1. The van der Waals surface area contributed by atoms with Crippen molar-refractivity contribution in [2.24, 2.45) is 11.7 Å². The van der Waals surface area contributed by atoms with Crippen molar-refractivity contribution >= 4 is 11.3 Å². The van der Waals surface area contributed by atoms with E-state index in [1.54, 1.807) is 11.7 Å². The Morgan fingerprint density at radius 3 is 2.88 bits per heavy atom. The Morgan fingerprint density at radius 2 is 2.31 bits per heavy atom. The zero-order chi connectivity index (χ0) is 11.5. The van der Waals surface area contributed by atoms with E-state index in [2.05, 4.69) is 29.0 Å². The van der Waals surface area contributed by atoms with E-state index >= 15 is 0 Å². The highest BCUT2D eigenvalue weighted by molar-refractivity contribution is 7.13. The first-order chi connectivity index (χ1) is 7.72. The van der Waals surface area contributed by atoms with Crippen LogP contribution in [0.1, 0.15) is 25.7 Å². The van der Waals surface area contributed by atoms with Crippen molar-refractivity contribution in [2.75, 3.05) is 6.54 Å². The lowest BCUT2D eigenvalue weighted by atomic mass is 9.96. The van der Waals surface area contributed by atoms with Crippen molar-refractivity contribution in [1.29, 1.82) is 0 Å². The second-order valence-corrected chi connectivity index (χ2v) is 4.79. The molecule has 1 atom stereocenters. The highest BCUT2D eigenvalue weighted by Crippen LogP contribution is 2.25. The van der Waals surface area contributed by atoms with Crippen LogP contribution in [0.4, 0.5) is 0 Å². The highest BCUT2D eigenvalue weighted by Gasteiger charge is 2.21. The number of nitrogens with two attached hydrogens (primary N) is 1. The predicted molar refractivity (Wildman–Crippen MR) is 62.0 cm³/mol. The van der Waals surface area contributed by atoms with Crippen LogP contribution < -0.4 is 5.73 Å². The van der Waals surface area contributed by atoms with Crippen molar-refractivity contribution in [1.82, 2.24) is 15.1 Å². The van der Waals surface area contributed by atoms with Crippen LogP contribution in [-0.2, 0) is 0 Å². The van der Waals surface area contributed by atoms with Gasteiger partial charge in [-0.2, -0.15) is 4.98 Å². The molecule has 6 heteroatoms. The van der Waals surface area contributed by atoms with Gasteiger partial charge < -0.3 is 10.3 Å². The number of hydrogen-bond donors (Lipinski definition) is 1. The molecule has 0 bridgehead atoms. The molecule has 2 rings (SSSR count). The van der Waals surface area contributed by atoms with Gasteiger partial charge in [-0.25, -0.2) is 0 Å². The number of nitrogens with zero attached hydrogens (tertiary/aromatic N) is 3. The molecular formula is C10H14N4OS. The fraction of sp³-hybridized carbons (Fsp3) is 0.500. The van der Waals surface area contributed by atoms with Gasteiger partial charge in [-0.3, -0.25) is 4.98 Å². The summed E-state index contributed by atoms with van der Waals surface area (Å²) in [7, 11) is 0. The number of thiazole rings is 1. The third-order valence-corrected chi connectivity index (χ3v) is 3.24.